The first-order valence-corrected chi connectivity index (χ1v) is 13.5. The molecule has 2 aliphatic rings. The van der Waals surface area contributed by atoms with Crippen molar-refractivity contribution in [2.45, 2.75) is 89.9 Å². The number of carbonyl (C=O) groups excluding carboxylic acids is 1. The van der Waals surface area contributed by atoms with Crippen molar-refractivity contribution >= 4 is 17.3 Å². The van der Waals surface area contributed by atoms with Gasteiger partial charge in [0.2, 0.25) is 0 Å². The van der Waals surface area contributed by atoms with Crippen molar-refractivity contribution in [2.24, 2.45) is 17.8 Å². The SMILES string of the molecule is CCCCCC1CCC(C2CCC(c3ccc(OC(=O)c4ccc(N)cc4N)cc3)CC2)CC1. The fourth-order valence-corrected chi connectivity index (χ4v) is 6.29. The molecule has 0 bridgehead atoms. The molecule has 0 aliphatic heterocycles. The lowest BCUT2D eigenvalue weighted by molar-refractivity contribution is 0.0736. The molecule has 2 aromatic rings. The Bertz CT molecular complexity index is 923. The molecule has 184 valence electrons. The first kappa shape index (κ1) is 24.6. The van der Waals surface area contributed by atoms with Gasteiger partial charge in [-0.05, 0) is 98.1 Å². The van der Waals surface area contributed by atoms with E-state index >= 15 is 0 Å². The number of benzene rings is 2. The van der Waals surface area contributed by atoms with Gasteiger partial charge in [-0.15, -0.1) is 0 Å². The molecule has 2 aliphatic carbocycles. The largest absolute Gasteiger partial charge is 0.423 e. The predicted molar refractivity (Wildman–Crippen MR) is 141 cm³/mol. The van der Waals surface area contributed by atoms with Gasteiger partial charge in [-0.25, -0.2) is 4.79 Å². The summed E-state index contributed by atoms with van der Waals surface area (Å²) in [6.45, 7) is 2.30. The fourth-order valence-electron chi connectivity index (χ4n) is 6.29. The van der Waals surface area contributed by atoms with Gasteiger partial charge >= 0.3 is 5.97 Å². The lowest BCUT2D eigenvalue weighted by Crippen LogP contribution is -2.25. The molecule has 0 unspecified atom stereocenters. The van der Waals surface area contributed by atoms with E-state index in [2.05, 4.69) is 19.1 Å². The molecule has 2 aromatic carbocycles. The molecule has 0 aromatic heterocycles. The van der Waals surface area contributed by atoms with E-state index in [1.807, 2.05) is 12.1 Å². The Morgan fingerprint density at radius 3 is 2.12 bits per heavy atom. The summed E-state index contributed by atoms with van der Waals surface area (Å²) in [4.78, 5) is 12.5. The van der Waals surface area contributed by atoms with Gasteiger partial charge in [-0.3, -0.25) is 0 Å². The number of esters is 1. The molecule has 2 saturated carbocycles. The highest BCUT2D eigenvalue weighted by Gasteiger charge is 2.31. The number of ether oxygens (including phenoxy) is 1. The number of nitrogens with two attached hydrogens (primary N) is 2. The van der Waals surface area contributed by atoms with Crippen LogP contribution in [0.5, 0.6) is 5.75 Å². The molecule has 4 rings (SSSR count). The van der Waals surface area contributed by atoms with Crippen LogP contribution in [-0.4, -0.2) is 5.97 Å². The molecule has 34 heavy (non-hydrogen) atoms. The van der Waals surface area contributed by atoms with Gasteiger partial charge in [-0.1, -0.05) is 57.6 Å². The summed E-state index contributed by atoms with van der Waals surface area (Å²) in [6, 6.07) is 12.9. The molecule has 0 spiro atoms. The van der Waals surface area contributed by atoms with E-state index in [1.165, 1.54) is 82.6 Å². The summed E-state index contributed by atoms with van der Waals surface area (Å²) in [6.07, 6.45) is 16.8. The highest BCUT2D eigenvalue weighted by Crippen LogP contribution is 2.44. The van der Waals surface area contributed by atoms with Crippen LogP contribution < -0.4 is 16.2 Å². The second-order valence-corrected chi connectivity index (χ2v) is 10.7. The summed E-state index contributed by atoms with van der Waals surface area (Å²) >= 11 is 0. The highest BCUT2D eigenvalue weighted by atomic mass is 16.5. The Labute approximate surface area is 205 Å². The Morgan fingerprint density at radius 1 is 0.853 bits per heavy atom. The lowest BCUT2D eigenvalue weighted by Gasteiger charge is -2.38. The van der Waals surface area contributed by atoms with Gasteiger partial charge < -0.3 is 16.2 Å². The minimum atomic E-state index is -0.453. The molecule has 0 saturated heterocycles. The first-order valence-electron chi connectivity index (χ1n) is 13.5. The molecule has 4 heteroatoms. The van der Waals surface area contributed by atoms with Crippen LogP contribution in [0, 0.1) is 17.8 Å². The summed E-state index contributed by atoms with van der Waals surface area (Å²) < 4.78 is 5.54. The van der Waals surface area contributed by atoms with E-state index in [0.717, 1.165) is 17.8 Å². The average molecular weight is 463 g/mol. The van der Waals surface area contributed by atoms with Gasteiger partial charge in [-0.2, -0.15) is 0 Å². The smallest absolute Gasteiger partial charge is 0.345 e. The minimum Gasteiger partial charge on any atom is -0.423 e. The van der Waals surface area contributed by atoms with Crippen molar-refractivity contribution in [1.82, 2.24) is 0 Å². The van der Waals surface area contributed by atoms with Crippen LogP contribution in [0.1, 0.15) is 106 Å². The van der Waals surface area contributed by atoms with E-state index < -0.39 is 5.97 Å². The van der Waals surface area contributed by atoms with E-state index in [1.54, 1.807) is 18.2 Å². The molecule has 0 radical (unpaired) electrons. The van der Waals surface area contributed by atoms with Gasteiger partial charge in [0, 0.05) is 11.4 Å². The van der Waals surface area contributed by atoms with Crippen LogP contribution in [0.15, 0.2) is 42.5 Å². The number of unbranched alkanes of at least 4 members (excludes halogenated alkanes) is 2. The zero-order chi connectivity index (χ0) is 23.9. The molecular weight excluding hydrogens is 420 g/mol. The molecule has 2 fully saturated rings. The summed E-state index contributed by atoms with van der Waals surface area (Å²) in [7, 11) is 0. The summed E-state index contributed by atoms with van der Waals surface area (Å²) in [5, 5.41) is 0. The van der Waals surface area contributed by atoms with Crippen molar-refractivity contribution in [1.29, 1.82) is 0 Å². The van der Waals surface area contributed by atoms with Crippen molar-refractivity contribution in [3.05, 3.63) is 53.6 Å². The van der Waals surface area contributed by atoms with Crippen LogP contribution in [-0.2, 0) is 0 Å². The zero-order valence-corrected chi connectivity index (χ0v) is 20.8. The molecule has 0 heterocycles. The standard InChI is InChI=1S/C30H42N2O2/c1-2-3-4-5-21-6-8-22(9-7-21)23-10-12-24(13-11-23)25-14-17-27(18-15-25)34-30(33)28-19-16-26(31)20-29(28)32/h14-24H,2-13,31-32H2,1H3. The van der Waals surface area contributed by atoms with Gasteiger partial charge in [0.25, 0.3) is 0 Å². The van der Waals surface area contributed by atoms with E-state index in [9.17, 15) is 4.79 Å². The molecule has 0 atom stereocenters. The maximum absolute atomic E-state index is 12.5. The van der Waals surface area contributed by atoms with Crippen LogP contribution in [0.3, 0.4) is 0 Å². The zero-order valence-electron chi connectivity index (χ0n) is 20.8. The third-order valence-corrected chi connectivity index (χ3v) is 8.40. The number of rotatable bonds is 8. The van der Waals surface area contributed by atoms with Crippen LogP contribution in [0.4, 0.5) is 11.4 Å². The summed E-state index contributed by atoms with van der Waals surface area (Å²) in [5.41, 5.74) is 14.2. The van der Waals surface area contributed by atoms with Gasteiger partial charge in [0.1, 0.15) is 5.75 Å². The third-order valence-electron chi connectivity index (χ3n) is 8.40. The van der Waals surface area contributed by atoms with Gasteiger partial charge in [0.05, 0.1) is 5.56 Å². The number of anilines is 2. The summed E-state index contributed by atoms with van der Waals surface area (Å²) in [5.74, 6) is 3.62. The minimum absolute atomic E-state index is 0.336. The molecular formula is C30H42N2O2. The maximum atomic E-state index is 12.5. The lowest BCUT2D eigenvalue weighted by atomic mass is 9.68. The maximum Gasteiger partial charge on any atom is 0.345 e. The molecule has 0 amide bonds. The second kappa shape index (κ2) is 11.8. The normalized spacial score (nSPS) is 25.1. The highest BCUT2D eigenvalue weighted by molar-refractivity contribution is 5.97. The Morgan fingerprint density at radius 2 is 1.50 bits per heavy atom. The molecule has 4 nitrogen and oxygen atoms in total. The van der Waals surface area contributed by atoms with Crippen LogP contribution >= 0.6 is 0 Å². The van der Waals surface area contributed by atoms with Crippen molar-refractivity contribution in [3.63, 3.8) is 0 Å². The van der Waals surface area contributed by atoms with Gasteiger partial charge in [0.15, 0.2) is 0 Å². The van der Waals surface area contributed by atoms with E-state index in [4.69, 9.17) is 16.2 Å². The topological polar surface area (TPSA) is 78.3 Å². The fraction of sp³-hybridized carbons (Fsp3) is 0.567. The van der Waals surface area contributed by atoms with Crippen LogP contribution in [0.25, 0.3) is 0 Å². The monoisotopic (exact) mass is 462 g/mol. The first-order chi connectivity index (χ1) is 16.5. The number of nitrogen functional groups attached to an aromatic ring is 2. The number of carbonyl (C=O) groups is 1. The van der Waals surface area contributed by atoms with Crippen molar-refractivity contribution in [3.8, 4) is 5.75 Å². The second-order valence-electron chi connectivity index (χ2n) is 10.7. The van der Waals surface area contributed by atoms with Crippen LogP contribution in [0.2, 0.25) is 0 Å². The third kappa shape index (κ3) is 6.34. The average Bonchev–Trinajstić information content (AvgIpc) is 2.85. The Kier molecular flexibility index (Phi) is 8.53. The Hall–Kier alpha value is -2.49. The quantitative estimate of drug-likeness (QED) is 0.182. The number of hydrogen-bond donors (Lipinski definition) is 2. The van der Waals surface area contributed by atoms with Crippen molar-refractivity contribution < 1.29 is 9.53 Å². The van der Waals surface area contributed by atoms with Crippen molar-refractivity contribution in [2.75, 3.05) is 11.5 Å². The number of hydrogen-bond acceptors (Lipinski definition) is 4. The predicted octanol–water partition coefficient (Wildman–Crippen LogP) is 7.73. The Balaban J connectivity index is 1.23. The van der Waals surface area contributed by atoms with E-state index in [-0.39, 0.29) is 0 Å². The molecule has 4 N–H and O–H groups in total. The van der Waals surface area contributed by atoms with E-state index in [0.29, 0.717) is 28.6 Å².